The van der Waals surface area contributed by atoms with Crippen molar-refractivity contribution < 1.29 is 33.4 Å². The normalized spacial score (nSPS) is 15.9. The van der Waals surface area contributed by atoms with E-state index in [1.165, 1.54) is 49.8 Å². The SMILES string of the molecule is COC(=O)c1c(NC(=O)c2ccc(N3C(=O)c4ccccc4C3=O)cc2)sc2c1[C@H](C(=O)OC)CC2. The molecule has 36 heavy (non-hydrogen) atoms. The van der Waals surface area contributed by atoms with Crippen molar-refractivity contribution in [3.63, 3.8) is 0 Å². The van der Waals surface area contributed by atoms with E-state index in [-0.39, 0.29) is 16.1 Å². The van der Waals surface area contributed by atoms with Crippen molar-refractivity contribution in [3.8, 4) is 0 Å². The Balaban J connectivity index is 1.40. The van der Waals surface area contributed by atoms with Crippen molar-refractivity contribution in [3.05, 3.63) is 81.2 Å². The molecule has 1 N–H and O–H groups in total. The first-order valence-electron chi connectivity index (χ1n) is 11.1. The second-order valence-electron chi connectivity index (χ2n) is 8.24. The minimum atomic E-state index is -0.653. The van der Waals surface area contributed by atoms with Gasteiger partial charge in [-0.25, -0.2) is 9.69 Å². The number of thiophene rings is 1. The molecular weight excluding hydrogens is 484 g/mol. The Bertz CT molecular complexity index is 1410. The minimum absolute atomic E-state index is 0.154. The molecule has 2 aromatic carbocycles. The molecule has 1 aliphatic carbocycles. The number of nitrogens with one attached hydrogen (secondary N) is 1. The van der Waals surface area contributed by atoms with Crippen LogP contribution in [0.2, 0.25) is 0 Å². The van der Waals surface area contributed by atoms with Crippen LogP contribution in [0.25, 0.3) is 0 Å². The third-order valence-electron chi connectivity index (χ3n) is 6.31. The number of carbonyl (C=O) groups excluding carboxylic acids is 5. The van der Waals surface area contributed by atoms with Gasteiger partial charge in [-0.1, -0.05) is 12.1 Å². The van der Waals surface area contributed by atoms with Crippen LogP contribution in [0.4, 0.5) is 10.7 Å². The summed E-state index contributed by atoms with van der Waals surface area (Å²) in [7, 11) is 2.52. The van der Waals surface area contributed by atoms with Crippen LogP contribution in [-0.2, 0) is 20.7 Å². The zero-order chi connectivity index (χ0) is 25.6. The molecule has 0 saturated carbocycles. The number of hydrogen-bond donors (Lipinski definition) is 1. The fourth-order valence-electron chi connectivity index (χ4n) is 4.60. The fourth-order valence-corrected chi connectivity index (χ4v) is 5.86. The van der Waals surface area contributed by atoms with E-state index in [2.05, 4.69) is 5.32 Å². The summed E-state index contributed by atoms with van der Waals surface area (Å²) in [5.41, 5.74) is 1.94. The average Bonchev–Trinajstić information content (AvgIpc) is 3.54. The first-order valence-corrected chi connectivity index (χ1v) is 11.9. The quantitative estimate of drug-likeness (QED) is 0.415. The second kappa shape index (κ2) is 9.04. The molecule has 2 heterocycles. The van der Waals surface area contributed by atoms with Gasteiger partial charge in [0.2, 0.25) is 0 Å². The number of aryl methyl sites for hydroxylation is 1. The highest BCUT2D eigenvalue weighted by molar-refractivity contribution is 7.17. The molecule has 1 aromatic heterocycles. The Kier molecular flexibility index (Phi) is 5.89. The van der Waals surface area contributed by atoms with Gasteiger partial charge in [-0.15, -0.1) is 11.3 Å². The van der Waals surface area contributed by atoms with Crippen molar-refractivity contribution in [2.45, 2.75) is 18.8 Å². The zero-order valence-electron chi connectivity index (χ0n) is 19.3. The molecule has 182 valence electrons. The number of esters is 2. The van der Waals surface area contributed by atoms with E-state index in [0.29, 0.717) is 35.2 Å². The number of methoxy groups -OCH3 is 2. The molecule has 0 radical (unpaired) electrons. The van der Waals surface area contributed by atoms with Gasteiger partial charge >= 0.3 is 11.9 Å². The monoisotopic (exact) mass is 504 g/mol. The van der Waals surface area contributed by atoms with E-state index in [1.54, 1.807) is 24.3 Å². The smallest absolute Gasteiger partial charge is 0.341 e. The molecule has 2 aliphatic rings. The van der Waals surface area contributed by atoms with E-state index in [4.69, 9.17) is 9.47 Å². The lowest BCUT2D eigenvalue weighted by atomic mass is 9.99. The molecule has 0 saturated heterocycles. The highest BCUT2D eigenvalue weighted by Gasteiger charge is 2.39. The molecule has 3 amide bonds. The number of carbonyl (C=O) groups is 5. The molecule has 9 nitrogen and oxygen atoms in total. The van der Waals surface area contributed by atoms with Crippen molar-refractivity contribution in [1.29, 1.82) is 0 Å². The van der Waals surface area contributed by atoms with E-state index in [1.807, 2.05) is 0 Å². The van der Waals surface area contributed by atoms with Crippen LogP contribution in [-0.4, -0.2) is 43.9 Å². The highest BCUT2D eigenvalue weighted by atomic mass is 32.1. The standard InChI is InChI=1S/C26H20N2O7S/c1-34-25(32)17-11-12-18-19(17)20(26(33)35-2)22(36-18)27-21(29)13-7-9-14(10-8-13)28-23(30)15-5-3-4-6-16(15)24(28)31/h3-10,17H,11-12H2,1-2H3,(H,27,29)/t17-/m1/s1. The van der Waals surface area contributed by atoms with Gasteiger partial charge in [-0.3, -0.25) is 19.2 Å². The number of nitrogens with zero attached hydrogens (tertiary/aromatic N) is 1. The number of imide groups is 1. The number of rotatable bonds is 5. The van der Waals surface area contributed by atoms with Crippen LogP contribution in [0.15, 0.2) is 48.5 Å². The maximum absolute atomic E-state index is 13.0. The van der Waals surface area contributed by atoms with E-state index in [0.717, 1.165) is 9.78 Å². The number of amides is 3. The third-order valence-corrected chi connectivity index (χ3v) is 7.50. The maximum Gasteiger partial charge on any atom is 0.341 e. The van der Waals surface area contributed by atoms with Crippen molar-refractivity contribution in [1.82, 2.24) is 0 Å². The number of hydrogen-bond acceptors (Lipinski definition) is 8. The summed E-state index contributed by atoms with van der Waals surface area (Å²) in [6, 6.07) is 12.6. The lowest BCUT2D eigenvalue weighted by Gasteiger charge is -2.14. The van der Waals surface area contributed by atoms with Crippen LogP contribution in [0.5, 0.6) is 0 Å². The van der Waals surface area contributed by atoms with Crippen molar-refractivity contribution in [2.75, 3.05) is 24.4 Å². The van der Waals surface area contributed by atoms with Crippen LogP contribution in [0, 0.1) is 0 Å². The van der Waals surface area contributed by atoms with Crippen molar-refractivity contribution >= 4 is 51.7 Å². The fraction of sp³-hybridized carbons (Fsp3) is 0.192. The molecule has 0 spiro atoms. The summed E-state index contributed by atoms with van der Waals surface area (Å²) < 4.78 is 9.81. The van der Waals surface area contributed by atoms with Gasteiger partial charge in [0, 0.05) is 10.4 Å². The number of anilines is 2. The number of ether oxygens (including phenoxy) is 2. The Morgan fingerprint density at radius 3 is 2.17 bits per heavy atom. The highest BCUT2D eigenvalue weighted by Crippen LogP contribution is 2.46. The van der Waals surface area contributed by atoms with Crippen LogP contribution in [0.3, 0.4) is 0 Å². The Morgan fingerprint density at radius 2 is 1.58 bits per heavy atom. The van der Waals surface area contributed by atoms with Gasteiger partial charge in [0.25, 0.3) is 17.7 Å². The van der Waals surface area contributed by atoms with Crippen LogP contribution < -0.4 is 10.2 Å². The Labute approximate surface area is 209 Å². The molecule has 1 aliphatic heterocycles. The molecule has 1 atom stereocenters. The van der Waals surface area contributed by atoms with Gasteiger partial charge in [0.15, 0.2) is 0 Å². The topological polar surface area (TPSA) is 119 Å². The summed E-state index contributed by atoms with van der Waals surface area (Å²) in [5, 5.41) is 3.04. The molecular formula is C26H20N2O7S. The Morgan fingerprint density at radius 1 is 0.944 bits per heavy atom. The van der Waals surface area contributed by atoms with E-state index < -0.39 is 35.6 Å². The lowest BCUT2D eigenvalue weighted by Crippen LogP contribution is -2.29. The number of fused-ring (bicyclic) bond motifs is 2. The summed E-state index contributed by atoms with van der Waals surface area (Å²) in [6.07, 6.45) is 1.10. The molecule has 3 aromatic rings. The van der Waals surface area contributed by atoms with Gasteiger partial charge in [-0.05, 0) is 54.8 Å². The zero-order valence-corrected chi connectivity index (χ0v) is 20.1. The molecule has 0 unspecified atom stereocenters. The van der Waals surface area contributed by atoms with E-state index in [9.17, 15) is 24.0 Å². The Hall–Kier alpha value is -4.31. The minimum Gasteiger partial charge on any atom is -0.469 e. The largest absolute Gasteiger partial charge is 0.469 e. The first-order chi connectivity index (χ1) is 17.3. The summed E-state index contributed by atoms with van der Waals surface area (Å²) in [4.78, 5) is 65.2. The first kappa shape index (κ1) is 23.4. The molecule has 0 bridgehead atoms. The average molecular weight is 505 g/mol. The van der Waals surface area contributed by atoms with E-state index >= 15 is 0 Å². The maximum atomic E-state index is 13.0. The van der Waals surface area contributed by atoms with Gasteiger partial charge in [0.1, 0.15) is 5.00 Å². The third kappa shape index (κ3) is 3.66. The van der Waals surface area contributed by atoms with Crippen molar-refractivity contribution in [2.24, 2.45) is 0 Å². The summed E-state index contributed by atoms with van der Waals surface area (Å²) >= 11 is 1.23. The molecule has 5 rings (SSSR count). The van der Waals surface area contributed by atoms with Crippen LogP contribution >= 0.6 is 11.3 Å². The number of benzene rings is 2. The van der Waals surface area contributed by atoms with Crippen LogP contribution in [0.1, 0.15) is 64.2 Å². The predicted molar refractivity (Wildman–Crippen MR) is 131 cm³/mol. The van der Waals surface area contributed by atoms with Gasteiger partial charge in [-0.2, -0.15) is 0 Å². The molecule has 0 fully saturated rings. The van der Waals surface area contributed by atoms with Gasteiger partial charge < -0.3 is 14.8 Å². The molecule has 10 heteroatoms. The van der Waals surface area contributed by atoms with Gasteiger partial charge in [0.05, 0.1) is 42.5 Å². The summed E-state index contributed by atoms with van der Waals surface area (Å²) in [6.45, 7) is 0. The lowest BCUT2D eigenvalue weighted by molar-refractivity contribution is -0.142. The summed E-state index contributed by atoms with van der Waals surface area (Å²) in [5.74, 6) is -3.05. The second-order valence-corrected chi connectivity index (χ2v) is 9.35. The predicted octanol–water partition coefficient (Wildman–Crippen LogP) is 3.79.